The fraction of sp³-hybridized carbons (Fsp3) is 0.375. The van der Waals surface area contributed by atoms with E-state index >= 15 is 0 Å². The smallest absolute Gasteiger partial charge is 0.243 e. The van der Waals surface area contributed by atoms with E-state index in [1.54, 1.807) is 6.07 Å². The number of carbonyl (C=O) groups is 1. The van der Waals surface area contributed by atoms with Crippen molar-refractivity contribution < 1.29 is 13.9 Å². The fourth-order valence-electron chi connectivity index (χ4n) is 2.74. The third-order valence-electron chi connectivity index (χ3n) is 3.80. The first-order chi connectivity index (χ1) is 10.9. The lowest BCUT2D eigenvalue weighted by molar-refractivity contribution is -0.115. The van der Waals surface area contributed by atoms with E-state index < -0.39 is 0 Å². The number of ether oxygens (including phenoxy) is 1. The van der Waals surface area contributed by atoms with Gasteiger partial charge in [-0.15, -0.1) is 0 Å². The number of aromatic nitrogens is 2. The number of aromatic amines is 1. The van der Waals surface area contributed by atoms with E-state index in [0.29, 0.717) is 18.0 Å². The average molecular weight is 318 g/mol. The van der Waals surface area contributed by atoms with Gasteiger partial charge in [-0.1, -0.05) is 0 Å². The first-order valence-corrected chi connectivity index (χ1v) is 7.46. The molecule has 0 bridgehead atoms. The van der Waals surface area contributed by atoms with Crippen molar-refractivity contribution >= 4 is 17.3 Å². The van der Waals surface area contributed by atoms with Gasteiger partial charge in [0.05, 0.1) is 35.9 Å². The third-order valence-corrected chi connectivity index (χ3v) is 3.80. The Morgan fingerprint density at radius 3 is 3.00 bits per heavy atom. The second-order valence-corrected chi connectivity index (χ2v) is 5.78. The van der Waals surface area contributed by atoms with Gasteiger partial charge in [-0.3, -0.25) is 9.89 Å². The molecule has 0 saturated carbocycles. The molecule has 2 aromatic rings. The number of hydrogen-bond acceptors (Lipinski definition) is 4. The number of carbonyl (C=O) groups excluding carboxylic acids is 1. The van der Waals surface area contributed by atoms with Crippen molar-refractivity contribution in [2.24, 2.45) is 0 Å². The van der Waals surface area contributed by atoms with Gasteiger partial charge in [-0.2, -0.15) is 5.10 Å². The maximum Gasteiger partial charge on any atom is 0.243 e. The van der Waals surface area contributed by atoms with Crippen LogP contribution in [0.5, 0.6) is 5.75 Å². The molecule has 0 aliphatic carbocycles. The Hall–Kier alpha value is -2.57. The van der Waals surface area contributed by atoms with Crippen LogP contribution in [0.2, 0.25) is 0 Å². The third kappa shape index (κ3) is 3.13. The predicted molar refractivity (Wildman–Crippen MR) is 85.4 cm³/mol. The summed E-state index contributed by atoms with van der Waals surface area (Å²) >= 11 is 0. The number of aryl methyl sites for hydroxylation is 2. The maximum atomic E-state index is 13.4. The summed E-state index contributed by atoms with van der Waals surface area (Å²) in [4.78, 5) is 14.2. The minimum atomic E-state index is -0.355. The van der Waals surface area contributed by atoms with E-state index in [1.807, 2.05) is 25.7 Å². The van der Waals surface area contributed by atoms with Crippen molar-refractivity contribution in [2.75, 3.05) is 23.3 Å². The topological polar surface area (TPSA) is 70.2 Å². The molecular weight excluding hydrogens is 299 g/mol. The molecule has 1 unspecified atom stereocenters. The second kappa shape index (κ2) is 5.91. The number of fused-ring (bicyclic) bond motifs is 1. The largest absolute Gasteiger partial charge is 0.487 e. The zero-order valence-electron chi connectivity index (χ0n) is 13.3. The molecule has 1 aliphatic heterocycles. The Bertz CT molecular complexity index is 724. The molecule has 2 heterocycles. The molecule has 0 fully saturated rings. The molecule has 0 spiro atoms. The van der Waals surface area contributed by atoms with Crippen LogP contribution in [0, 0.1) is 19.7 Å². The Morgan fingerprint density at radius 1 is 1.52 bits per heavy atom. The number of halogens is 1. The molecule has 1 amide bonds. The highest BCUT2D eigenvalue weighted by Crippen LogP contribution is 2.33. The number of benzene rings is 1. The number of amides is 1. The summed E-state index contributed by atoms with van der Waals surface area (Å²) in [5.74, 6) is -0.0407. The molecule has 1 aromatic carbocycles. The van der Waals surface area contributed by atoms with E-state index in [4.69, 9.17) is 4.74 Å². The summed E-state index contributed by atoms with van der Waals surface area (Å²) in [7, 11) is 0. The molecule has 1 aliphatic rings. The lowest BCUT2D eigenvalue weighted by Gasteiger charge is -2.34. The summed E-state index contributed by atoms with van der Waals surface area (Å²) in [6.45, 7) is 6.30. The molecule has 7 heteroatoms. The number of rotatable bonds is 3. The van der Waals surface area contributed by atoms with Crippen molar-refractivity contribution in [3.63, 3.8) is 0 Å². The lowest BCUT2D eigenvalue weighted by Crippen LogP contribution is -2.42. The van der Waals surface area contributed by atoms with Gasteiger partial charge in [0.2, 0.25) is 5.91 Å². The fourth-order valence-corrected chi connectivity index (χ4v) is 2.74. The minimum Gasteiger partial charge on any atom is -0.487 e. The quantitative estimate of drug-likeness (QED) is 0.911. The van der Waals surface area contributed by atoms with Gasteiger partial charge in [0, 0.05) is 6.07 Å². The first-order valence-electron chi connectivity index (χ1n) is 7.46. The zero-order valence-corrected chi connectivity index (χ0v) is 13.3. The molecular formula is C16H19FN4O2. The highest BCUT2D eigenvalue weighted by atomic mass is 19.1. The highest BCUT2D eigenvalue weighted by molar-refractivity contribution is 5.95. The highest BCUT2D eigenvalue weighted by Gasteiger charge is 2.25. The van der Waals surface area contributed by atoms with Crippen LogP contribution in [0.15, 0.2) is 18.2 Å². The van der Waals surface area contributed by atoms with Crippen LogP contribution in [0.4, 0.5) is 15.8 Å². The van der Waals surface area contributed by atoms with E-state index in [-0.39, 0.29) is 24.4 Å². The van der Waals surface area contributed by atoms with Gasteiger partial charge >= 0.3 is 0 Å². The van der Waals surface area contributed by atoms with Crippen LogP contribution in [-0.4, -0.2) is 35.3 Å². The Labute approximate surface area is 133 Å². The molecule has 2 N–H and O–H groups in total. The van der Waals surface area contributed by atoms with Crippen LogP contribution in [0.3, 0.4) is 0 Å². The van der Waals surface area contributed by atoms with Gasteiger partial charge in [-0.05, 0) is 32.9 Å². The van der Waals surface area contributed by atoms with E-state index in [1.165, 1.54) is 12.1 Å². The molecule has 1 atom stereocenters. The monoisotopic (exact) mass is 318 g/mol. The molecule has 0 radical (unpaired) electrons. The number of nitrogens with one attached hydrogen (secondary N) is 2. The van der Waals surface area contributed by atoms with Crippen molar-refractivity contribution in [3.8, 4) is 5.75 Å². The predicted octanol–water partition coefficient (Wildman–Crippen LogP) is 2.39. The van der Waals surface area contributed by atoms with Gasteiger partial charge in [0.25, 0.3) is 0 Å². The maximum absolute atomic E-state index is 13.4. The zero-order chi connectivity index (χ0) is 16.6. The van der Waals surface area contributed by atoms with E-state index in [0.717, 1.165) is 17.1 Å². The number of hydrogen-bond donors (Lipinski definition) is 2. The van der Waals surface area contributed by atoms with Crippen molar-refractivity contribution in [1.82, 2.24) is 10.2 Å². The lowest BCUT2D eigenvalue weighted by atomic mass is 10.2. The van der Waals surface area contributed by atoms with Crippen LogP contribution >= 0.6 is 0 Å². The first kappa shape index (κ1) is 15.3. The summed E-state index contributed by atoms with van der Waals surface area (Å²) in [5, 5.41) is 9.77. The van der Waals surface area contributed by atoms with Gasteiger partial charge in [-0.25, -0.2) is 4.39 Å². The van der Waals surface area contributed by atoms with Crippen molar-refractivity contribution in [1.29, 1.82) is 0 Å². The molecule has 3 rings (SSSR count). The molecule has 23 heavy (non-hydrogen) atoms. The number of H-pyrrole nitrogens is 1. The molecule has 6 nitrogen and oxygen atoms in total. The van der Waals surface area contributed by atoms with Crippen LogP contribution < -0.4 is 15.0 Å². The molecule has 122 valence electrons. The van der Waals surface area contributed by atoms with Gasteiger partial charge in [0.15, 0.2) is 0 Å². The van der Waals surface area contributed by atoms with Crippen LogP contribution in [0.1, 0.15) is 18.3 Å². The number of nitrogens with zero attached hydrogens (tertiary/aromatic N) is 2. The van der Waals surface area contributed by atoms with Crippen LogP contribution in [0.25, 0.3) is 0 Å². The van der Waals surface area contributed by atoms with Crippen molar-refractivity contribution in [2.45, 2.75) is 26.9 Å². The molecule has 0 saturated heterocycles. The van der Waals surface area contributed by atoms with Gasteiger partial charge < -0.3 is 15.0 Å². The normalized spacial score (nSPS) is 16.7. The summed E-state index contributed by atoms with van der Waals surface area (Å²) in [6.07, 6.45) is -0.116. The Kier molecular flexibility index (Phi) is 3.94. The van der Waals surface area contributed by atoms with Crippen LogP contribution in [-0.2, 0) is 4.79 Å². The van der Waals surface area contributed by atoms with Crippen molar-refractivity contribution in [3.05, 3.63) is 35.4 Å². The Balaban J connectivity index is 1.76. The standard InChI is InChI=1S/C16H19FN4O2/c1-9-7-21(13-5-4-12(17)6-14(13)23-9)8-15(22)18-16-10(2)19-20-11(16)3/h4-6,9H,7-8H2,1-3H3,(H,18,22)(H,19,20). The van der Waals surface area contributed by atoms with E-state index in [2.05, 4.69) is 15.5 Å². The van der Waals surface area contributed by atoms with Gasteiger partial charge in [0.1, 0.15) is 17.7 Å². The average Bonchev–Trinajstić information content (AvgIpc) is 2.78. The van der Waals surface area contributed by atoms with E-state index in [9.17, 15) is 9.18 Å². The minimum absolute atomic E-state index is 0.116. The summed E-state index contributed by atoms with van der Waals surface area (Å²) < 4.78 is 19.0. The SMILES string of the molecule is Cc1n[nH]c(C)c1NC(=O)CN1CC(C)Oc2cc(F)ccc21. The number of anilines is 2. The second-order valence-electron chi connectivity index (χ2n) is 5.78. The summed E-state index contributed by atoms with van der Waals surface area (Å²) in [5.41, 5.74) is 2.98. The molecule has 1 aromatic heterocycles. The Morgan fingerprint density at radius 2 is 2.30 bits per heavy atom. The summed E-state index contributed by atoms with van der Waals surface area (Å²) in [6, 6.07) is 4.35.